The summed E-state index contributed by atoms with van der Waals surface area (Å²) >= 11 is 0. The van der Waals surface area contributed by atoms with Gasteiger partial charge in [-0.05, 0) is 60.6 Å². The van der Waals surface area contributed by atoms with Crippen molar-refractivity contribution < 1.29 is 27.0 Å². The zero-order chi connectivity index (χ0) is 26.2. The van der Waals surface area contributed by atoms with Gasteiger partial charge in [0.05, 0.1) is 0 Å². The van der Waals surface area contributed by atoms with Crippen molar-refractivity contribution in [1.29, 1.82) is 0 Å². The highest BCUT2D eigenvalue weighted by Crippen LogP contribution is 2.38. The van der Waals surface area contributed by atoms with E-state index in [-0.39, 0.29) is 17.1 Å². The molecule has 0 spiro atoms. The number of hydrogen-bond donors (Lipinski definition) is 0. The topological polar surface area (TPSA) is 18.5 Å². The van der Waals surface area contributed by atoms with Crippen LogP contribution in [-0.4, -0.2) is 6.61 Å². The van der Waals surface area contributed by atoms with Crippen LogP contribution in [0.4, 0.5) is 17.6 Å². The fourth-order valence-corrected chi connectivity index (χ4v) is 5.26. The van der Waals surface area contributed by atoms with E-state index in [0.29, 0.717) is 29.2 Å². The quantitative estimate of drug-likeness (QED) is 0.237. The number of rotatable bonds is 11. The van der Waals surface area contributed by atoms with Gasteiger partial charge in [-0.1, -0.05) is 82.2 Å². The van der Waals surface area contributed by atoms with E-state index in [1.807, 2.05) is 0 Å². The lowest BCUT2D eigenvalue weighted by Gasteiger charge is -2.28. The maximum Gasteiger partial charge on any atom is 0.387 e. The zero-order valence-electron chi connectivity index (χ0n) is 21.2. The molecule has 0 saturated heterocycles. The molecule has 0 N–H and O–H groups in total. The van der Waals surface area contributed by atoms with Crippen molar-refractivity contribution in [2.24, 2.45) is 11.8 Å². The molecule has 0 unspecified atom stereocenters. The minimum atomic E-state index is -2.90. The molecule has 1 saturated carbocycles. The first-order chi connectivity index (χ1) is 17.9. The molecule has 0 atom stereocenters. The molecule has 0 aliphatic heterocycles. The van der Waals surface area contributed by atoms with Crippen LogP contribution in [0, 0.1) is 23.5 Å². The lowest BCUT2D eigenvalue weighted by atomic mass is 9.78. The summed E-state index contributed by atoms with van der Waals surface area (Å²) in [6.45, 7) is -0.686. The van der Waals surface area contributed by atoms with Gasteiger partial charge in [0.2, 0.25) is 0 Å². The fourth-order valence-electron chi connectivity index (χ4n) is 5.26. The van der Waals surface area contributed by atoms with Gasteiger partial charge in [-0.2, -0.15) is 8.78 Å². The second kappa shape index (κ2) is 13.0. The van der Waals surface area contributed by atoms with Gasteiger partial charge in [-0.3, -0.25) is 0 Å². The average Bonchev–Trinajstić information content (AvgIpc) is 2.90. The number of alkyl halides is 2. The first kappa shape index (κ1) is 27.0. The largest absolute Gasteiger partial charge is 0.454 e. The van der Waals surface area contributed by atoms with Crippen LogP contribution in [0.15, 0.2) is 60.7 Å². The molecule has 0 amide bonds. The number of benzene rings is 3. The number of hydrogen-bond acceptors (Lipinski definition) is 2. The van der Waals surface area contributed by atoms with E-state index in [0.717, 1.165) is 25.2 Å². The Labute approximate surface area is 216 Å². The second-order valence-corrected chi connectivity index (χ2v) is 9.91. The fraction of sp³-hybridized carbons (Fsp3) is 0.419. The van der Waals surface area contributed by atoms with Gasteiger partial charge in [0.25, 0.3) is 0 Å². The van der Waals surface area contributed by atoms with E-state index in [2.05, 4.69) is 11.7 Å². The molecular weight excluding hydrogens is 480 g/mol. The summed E-state index contributed by atoms with van der Waals surface area (Å²) in [6, 6.07) is 15.7. The lowest BCUT2D eigenvalue weighted by Crippen LogP contribution is -2.15. The van der Waals surface area contributed by atoms with Gasteiger partial charge in [-0.15, -0.1) is 0 Å². The third kappa shape index (κ3) is 7.27. The Hall–Kier alpha value is -3.02. The van der Waals surface area contributed by atoms with Crippen molar-refractivity contribution in [3.8, 4) is 28.4 Å². The first-order valence-electron chi connectivity index (χ1n) is 13.2. The van der Waals surface area contributed by atoms with E-state index in [4.69, 9.17) is 4.74 Å². The summed E-state index contributed by atoms with van der Waals surface area (Å²) in [7, 11) is 0. The molecule has 4 rings (SSSR count). The third-order valence-electron chi connectivity index (χ3n) is 7.38. The van der Waals surface area contributed by atoms with Crippen LogP contribution in [0.25, 0.3) is 11.1 Å². The highest BCUT2D eigenvalue weighted by Gasteiger charge is 2.23. The number of halogens is 4. The van der Waals surface area contributed by atoms with Gasteiger partial charge in [-0.25, -0.2) is 8.78 Å². The minimum Gasteiger partial charge on any atom is -0.454 e. The normalized spacial score (nSPS) is 17.7. The van der Waals surface area contributed by atoms with Crippen molar-refractivity contribution in [2.45, 2.75) is 71.3 Å². The standard InChI is InChI=1S/C31H34F4O2/c1-2-3-6-21-9-11-22(12-10-21)13-18-26-27(32)19-20-29(30(26)33)37-28-8-5-4-7-25(28)23-14-16-24(17-15-23)36-31(34)35/h4-5,7-8,14-17,19-22,31H,2-3,6,9-13,18H2,1H3. The molecule has 1 aliphatic rings. The summed E-state index contributed by atoms with van der Waals surface area (Å²) in [5, 5.41) is 0. The molecule has 198 valence electrons. The minimum absolute atomic E-state index is 0.0372. The Morgan fingerprint density at radius 2 is 1.49 bits per heavy atom. The molecule has 0 radical (unpaired) electrons. The summed E-state index contributed by atoms with van der Waals surface area (Å²) < 4.78 is 65.3. The molecule has 2 nitrogen and oxygen atoms in total. The molecule has 1 fully saturated rings. The van der Waals surface area contributed by atoms with Crippen LogP contribution >= 0.6 is 0 Å². The van der Waals surface area contributed by atoms with Crippen LogP contribution in [-0.2, 0) is 6.42 Å². The monoisotopic (exact) mass is 514 g/mol. The van der Waals surface area contributed by atoms with E-state index in [1.54, 1.807) is 36.4 Å². The second-order valence-electron chi connectivity index (χ2n) is 9.91. The Bertz CT molecular complexity index is 1140. The highest BCUT2D eigenvalue weighted by atomic mass is 19.3. The molecule has 37 heavy (non-hydrogen) atoms. The Morgan fingerprint density at radius 1 is 0.811 bits per heavy atom. The molecule has 0 bridgehead atoms. The summed E-state index contributed by atoms with van der Waals surface area (Å²) in [5.74, 6) is 0.461. The van der Waals surface area contributed by atoms with Gasteiger partial charge in [0, 0.05) is 11.1 Å². The van der Waals surface area contributed by atoms with Crippen molar-refractivity contribution in [2.75, 3.05) is 0 Å². The van der Waals surface area contributed by atoms with Gasteiger partial charge < -0.3 is 9.47 Å². The summed E-state index contributed by atoms with van der Waals surface area (Å²) in [6.07, 6.45) is 9.58. The van der Waals surface area contributed by atoms with Crippen LogP contribution in [0.1, 0.15) is 63.9 Å². The third-order valence-corrected chi connectivity index (χ3v) is 7.38. The lowest BCUT2D eigenvalue weighted by molar-refractivity contribution is -0.0498. The predicted octanol–water partition coefficient (Wildman–Crippen LogP) is 9.95. The number of para-hydroxylation sites is 1. The van der Waals surface area contributed by atoms with Crippen molar-refractivity contribution in [1.82, 2.24) is 0 Å². The average molecular weight is 515 g/mol. The number of ether oxygens (including phenoxy) is 2. The summed E-state index contributed by atoms with van der Waals surface area (Å²) in [4.78, 5) is 0. The van der Waals surface area contributed by atoms with E-state index < -0.39 is 18.2 Å². The van der Waals surface area contributed by atoms with Crippen molar-refractivity contribution in [3.05, 3.63) is 77.9 Å². The van der Waals surface area contributed by atoms with Crippen molar-refractivity contribution >= 4 is 0 Å². The molecule has 3 aromatic rings. The van der Waals surface area contributed by atoms with E-state index in [1.165, 1.54) is 56.4 Å². The van der Waals surface area contributed by atoms with Crippen LogP contribution in [0.5, 0.6) is 17.2 Å². The highest BCUT2D eigenvalue weighted by molar-refractivity contribution is 5.71. The van der Waals surface area contributed by atoms with Gasteiger partial charge in [0.15, 0.2) is 11.6 Å². The maximum absolute atomic E-state index is 15.4. The van der Waals surface area contributed by atoms with Gasteiger partial charge in [0.1, 0.15) is 17.3 Å². The molecule has 3 aromatic carbocycles. The smallest absolute Gasteiger partial charge is 0.387 e. The van der Waals surface area contributed by atoms with Crippen LogP contribution in [0.2, 0.25) is 0 Å². The van der Waals surface area contributed by atoms with Crippen LogP contribution < -0.4 is 9.47 Å². The van der Waals surface area contributed by atoms with E-state index >= 15 is 4.39 Å². The molecule has 0 heterocycles. The molecular formula is C31H34F4O2. The maximum atomic E-state index is 15.4. The summed E-state index contributed by atoms with van der Waals surface area (Å²) in [5.41, 5.74) is 1.40. The zero-order valence-corrected chi connectivity index (χ0v) is 21.2. The predicted molar refractivity (Wildman–Crippen MR) is 138 cm³/mol. The molecule has 6 heteroatoms. The molecule has 0 aromatic heterocycles. The van der Waals surface area contributed by atoms with Crippen LogP contribution in [0.3, 0.4) is 0 Å². The SMILES string of the molecule is CCCCC1CCC(CCc2c(F)ccc(Oc3ccccc3-c3ccc(OC(F)F)cc3)c2F)CC1. The van der Waals surface area contributed by atoms with E-state index in [9.17, 15) is 13.2 Å². The van der Waals surface area contributed by atoms with Gasteiger partial charge >= 0.3 is 6.61 Å². The number of unbranched alkanes of at least 4 members (excludes halogenated alkanes) is 1. The molecule has 1 aliphatic carbocycles. The Balaban J connectivity index is 1.45. The first-order valence-corrected chi connectivity index (χ1v) is 13.2. The van der Waals surface area contributed by atoms with Crippen molar-refractivity contribution in [3.63, 3.8) is 0 Å². The Kier molecular flexibility index (Phi) is 9.48. The Morgan fingerprint density at radius 3 is 2.16 bits per heavy atom.